The summed E-state index contributed by atoms with van der Waals surface area (Å²) in [6.07, 6.45) is 1.79. The maximum absolute atomic E-state index is 11.6. The molecule has 0 unspecified atom stereocenters. The van der Waals surface area contributed by atoms with Crippen LogP contribution >= 0.6 is 31.9 Å². The number of amides is 1. The molecular weight excluding hydrogens is 330 g/mol. The summed E-state index contributed by atoms with van der Waals surface area (Å²) >= 11 is 6.39. The second kappa shape index (κ2) is 5.43. The molecule has 0 saturated heterocycles. The average molecular weight is 339 g/mol. The molecule has 0 atom stereocenters. The van der Waals surface area contributed by atoms with Gasteiger partial charge >= 0.3 is 0 Å². The molecule has 1 aromatic rings. The standard InChI is InChI=1S/C8H9Br2N3O2/c9-5-3-6(10)8(15)13(4-5)2-1-7(14)12-11/h3-4H,1-2,11H2,(H,12,14). The zero-order chi connectivity index (χ0) is 11.4. The lowest BCUT2D eigenvalue weighted by Crippen LogP contribution is -2.32. The van der Waals surface area contributed by atoms with Gasteiger partial charge in [-0.1, -0.05) is 0 Å². The van der Waals surface area contributed by atoms with E-state index in [1.54, 1.807) is 12.3 Å². The Hall–Kier alpha value is -0.660. The molecule has 0 radical (unpaired) electrons. The van der Waals surface area contributed by atoms with Crippen LogP contribution in [-0.4, -0.2) is 10.5 Å². The Morgan fingerprint density at radius 1 is 1.53 bits per heavy atom. The number of carbonyl (C=O) groups excluding carboxylic acids is 1. The molecular formula is C8H9Br2N3O2. The molecule has 0 saturated carbocycles. The highest BCUT2D eigenvalue weighted by molar-refractivity contribution is 9.11. The molecule has 0 aromatic carbocycles. The van der Waals surface area contributed by atoms with Gasteiger partial charge < -0.3 is 4.57 Å². The SMILES string of the molecule is NNC(=O)CCn1cc(Br)cc(Br)c1=O. The van der Waals surface area contributed by atoms with Crippen molar-refractivity contribution in [3.63, 3.8) is 0 Å². The van der Waals surface area contributed by atoms with E-state index >= 15 is 0 Å². The minimum absolute atomic E-state index is 0.166. The Bertz CT molecular complexity index is 430. The number of nitrogens with zero attached hydrogens (tertiary/aromatic N) is 1. The van der Waals surface area contributed by atoms with E-state index in [-0.39, 0.29) is 17.9 Å². The number of pyridine rings is 1. The first kappa shape index (κ1) is 12.4. The van der Waals surface area contributed by atoms with Crippen molar-refractivity contribution >= 4 is 37.8 Å². The van der Waals surface area contributed by atoms with Crippen LogP contribution in [-0.2, 0) is 11.3 Å². The molecule has 1 aromatic heterocycles. The van der Waals surface area contributed by atoms with E-state index in [2.05, 4.69) is 31.9 Å². The van der Waals surface area contributed by atoms with Gasteiger partial charge in [-0.05, 0) is 37.9 Å². The predicted molar refractivity (Wildman–Crippen MR) is 63.0 cm³/mol. The van der Waals surface area contributed by atoms with Crippen LogP contribution in [0.25, 0.3) is 0 Å². The molecule has 1 amide bonds. The number of aryl methyl sites for hydroxylation is 1. The molecule has 3 N–H and O–H groups in total. The number of aromatic nitrogens is 1. The van der Waals surface area contributed by atoms with Crippen LogP contribution in [0.5, 0.6) is 0 Å². The number of rotatable bonds is 3. The third-order valence-electron chi connectivity index (χ3n) is 1.75. The van der Waals surface area contributed by atoms with Gasteiger partial charge in [0.15, 0.2) is 0 Å². The quantitative estimate of drug-likeness (QED) is 0.485. The van der Waals surface area contributed by atoms with Crippen molar-refractivity contribution in [2.45, 2.75) is 13.0 Å². The third-order valence-corrected chi connectivity index (χ3v) is 2.75. The van der Waals surface area contributed by atoms with Gasteiger partial charge in [-0.2, -0.15) is 0 Å². The van der Waals surface area contributed by atoms with Gasteiger partial charge in [-0.3, -0.25) is 15.0 Å². The van der Waals surface area contributed by atoms with E-state index in [0.29, 0.717) is 11.0 Å². The van der Waals surface area contributed by atoms with E-state index in [1.807, 2.05) is 5.43 Å². The molecule has 1 heterocycles. The van der Waals surface area contributed by atoms with Gasteiger partial charge in [0.2, 0.25) is 5.91 Å². The van der Waals surface area contributed by atoms with Crippen molar-refractivity contribution in [3.05, 3.63) is 31.6 Å². The Labute approximate surface area is 103 Å². The highest BCUT2D eigenvalue weighted by Gasteiger charge is 2.05. The fourth-order valence-corrected chi connectivity index (χ4v) is 2.28. The average Bonchev–Trinajstić information content (AvgIpc) is 2.20. The molecule has 0 spiro atoms. The summed E-state index contributed by atoms with van der Waals surface area (Å²) < 4.78 is 2.65. The number of carbonyl (C=O) groups is 1. The number of nitrogens with two attached hydrogens (primary N) is 1. The summed E-state index contributed by atoms with van der Waals surface area (Å²) in [6.45, 7) is 0.292. The van der Waals surface area contributed by atoms with Crippen LogP contribution in [0, 0.1) is 0 Å². The summed E-state index contributed by atoms with van der Waals surface area (Å²) in [5.74, 6) is 4.62. The molecule has 5 nitrogen and oxygen atoms in total. The number of hydrogen-bond acceptors (Lipinski definition) is 3. The van der Waals surface area contributed by atoms with Crippen molar-refractivity contribution in [1.82, 2.24) is 9.99 Å². The van der Waals surface area contributed by atoms with Crippen molar-refractivity contribution < 1.29 is 4.79 Å². The first-order chi connectivity index (χ1) is 7.04. The topological polar surface area (TPSA) is 77.1 Å². The Morgan fingerprint density at radius 3 is 2.80 bits per heavy atom. The van der Waals surface area contributed by atoms with Gasteiger partial charge in [-0.15, -0.1) is 0 Å². The highest BCUT2D eigenvalue weighted by atomic mass is 79.9. The smallest absolute Gasteiger partial charge is 0.264 e. The lowest BCUT2D eigenvalue weighted by Gasteiger charge is -2.06. The van der Waals surface area contributed by atoms with E-state index in [0.717, 1.165) is 4.47 Å². The fourth-order valence-electron chi connectivity index (χ4n) is 1.03. The van der Waals surface area contributed by atoms with Crippen molar-refractivity contribution in [3.8, 4) is 0 Å². The summed E-state index contributed by atoms with van der Waals surface area (Å²) in [6, 6.07) is 1.65. The summed E-state index contributed by atoms with van der Waals surface area (Å²) in [5, 5.41) is 0. The zero-order valence-electron chi connectivity index (χ0n) is 7.67. The molecule has 0 aliphatic carbocycles. The van der Waals surface area contributed by atoms with Gasteiger partial charge in [-0.25, -0.2) is 5.84 Å². The van der Waals surface area contributed by atoms with Gasteiger partial charge in [0.1, 0.15) is 0 Å². The number of hydrazine groups is 1. The van der Waals surface area contributed by atoms with Crippen LogP contribution < -0.4 is 16.8 Å². The molecule has 15 heavy (non-hydrogen) atoms. The summed E-state index contributed by atoms with van der Waals surface area (Å²) in [4.78, 5) is 22.4. The van der Waals surface area contributed by atoms with Crippen molar-refractivity contribution in [2.24, 2.45) is 5.84 Å². The molecule has 1 rings (SSSR count). The number of hydrogen-bond donors (Lipinski definition) is 2. The van der Waals surface area contributed by atoms with Crippen LogP contribution in [0.4, 0.5) is 0 Å². The van der Waals surface area contributed by atoms with Crippen LogP contribution in [0.15, 0.2) is 26.0 Å². The Morgan fingerprint density at radius 2 is 2.20 bits per heavy atom. The van der Waals surface area contributed by atoms with Crippen LogP contribution in [0.1, 0.15) is 6.42 Å². The van der Waals surface area contributed by atoms with Crippen LogP contribution in [0.3, 0.4) is 0 Å². The lowest BCUT2D eigenvalue weighted by atomic mass is 10.4. The monoisotopic (exact) mass is 337 g/mol. The second-order valence-electron chi connectivity index (χ2n) is 2.82. The van der Waals surface area contributed by atoms with Gasteiger partial charge in [0.05, 0.1) is 4.47 Å². The molecule has 82 valence electrons. The molecule has 0 aliphatic rings. The number of halogens is 2. The molecule has 0 bridgehead atoms. The summed E-state index contributed by atoms with van der Waals surface area (Å²) in [5.41, 5.74) is 1.83. The molecule has 7 heteroatoms. The summed E-state index contributed by atoms with van der Waals surface area (Å²) in [7, 11) is 0. The van der Waals surface area contributed by atoms with Gasteiger partial charge in [0, 0.05) is 23.6 Å². The molecule has 0 fully saturated rings. The second-order valence-corrected chi connectivity index (χ2v) is 4.59. The molecule has 0 aliphatic heterocycles. The lowest BCUT2D eigenvalue weighted by molar-refractivity contribution is -0.121. The van der Waals surface area contributed by atoms with E-state index < -0.39 is 0 Å². The Balaban J connectivity index is 2.86. The third kappa shape index (κ3) is 3.44. The predicted octanol–water partition coefficient (Wildman–Crippen LogP) is 0.753. The zero-order valence-corrected chi connectivity index (χ0v) is 10.8. The van der Waals surface area contributed by atoms with E-state index in [4.69, 9.17) is 5.84 Å². The first-order valence-corrected chi connectivity index (χ1v) is 5.68. The van der Waals surface area contributed by atoms with Crippen molar-refractivity contribution in [1.29, 1.82) is 0 Å². The van der Waals surface area contributed by atoms with E-state index in [9.17, 15) is 9.59 Å². The number of nitrogens with one attached hydrogen (secondary N) is 1. The highest BCUT2D eigenvalue weighted by Crippen LogP contribution is 2.12. The fraction of sp³-hybridized carbons (Fsp3) is 0.250. The minimum atomic E-state index is -0.307. The Kier molecular flexibility index (Phi) is 4.49. The largest absolute Gasteiger partial charge is 0.313 e. The minimum Gasteiger partial charge on any atom is -0.313 e. The van der Waals surface area contributed by atoms with Crippen molar-refractivity contribution in [2.75, 3.05) is 0 Å². The maximum Gasteiger partial charge on any atom is 0.264 e. The maximum atomic E-state index is 11.6. The van der Waals surface area contributed by atoms with E-state index in [1.165, 1.54) is 4.57 Å². The van der Waals surface area contributed by atoms with Crippen LogP contribution in [0.2, 0.25) is 0 Å². The normalized spacial score (nSPS) is 10.1. The first-order valence-electron chi connectivity index (χ1n) is 4.09. The van der Waals surface area contributed by atoms with Gasteiger partial charge in [0.25, 0.3) is 5.56 Å².